The number of rotatable bonds is 7. The molecular formula is C10H18O4. The fourth-order valence-electron chi connectivity index (χ4n) is 0.740. The minimum absolute atomic E-state index is 0.203. The molecule has 0 aromatic carbocycles. The first-order valence-corrected chi connectivity index (χ1v) is 4.68. The van der Waals surface area contributed by atoms with Crippen LogP contribution >= 0.6 is 0 Å². The molecule has 4 heteroatoms. The quantitative estimate of drug-likeness (QED) is 0.271. The summed E-state index contributed by atoms with van der Waals surface area (Å²) in [5, 5.41) is 0. The highest BCUT2D eigenvalue weighted by molar-refractivity contribution is 5.81. The van der Waals surface area contributed by atoms with Gasteiger partial charge in [-0.15, -0.1) is 0 Å². The number of methoxy groups -OCH3 is 1. The molecule has 0 heterocycles. The zero-order chi connectivity index (χ0) is 10.8. The zero-order valence-electron chi connectivity index (χ0n) is 8.99. The lowest BCUT2D eigenvalue weighted by molar-refractivity contribution is -0.137. The first kappa shape index (κ1) is 13.1. The minimum Gasteiger partial charge on any atom is -0.463 e. The Labute approximate surface area is 84.8 Å². The summed E-state index contributed by atoms with van der Waals surface area (Å²) in [4.78, 5) is 10.8. The molecule has 4 nitrogen and oxygen atoms in total. The van der Waals surface area contributed by atoms with Crippen molar-refractivity contribution in [2.75, 3.05) is 20.3 Å². The van der Waals surface area contributed by atoms with Crippen molar-refractivity contribution in [3.63, 3.8) is 0 Å². The molecule has 0 saturated carbocycles. The summed E-state index contributed by atoms with van der Waals surface area (Å²) in [7, 11) is 1.58. The average molecular weight is 202 g/mol. The van der Waals surface area contributed by atoms with E-state index in [4.69, 9.17) is 14.2 Å². The average Bonchev–Trinajstić information content (AvgIpc) is 2.17. The van der Waals surface area contributed by atoms with E-state index in [1.54, 1.807) is 20.1 Å². The monoisotopic (exact) mass is 202 g/mol. The zero-order valence-corrected chi connectivity index (χ0v) is 8.99. The first-order valence-electron chi connectivity index (χ1n) is 4.68. The van der Waals surface area contributed by atoms with E-state index in [1.165, 1.54) is 6.08 Å². The molecule has 0 spiro atoms. The van der Waals surface area contributed by atoms with Gasteiger partial charge < -0.3 is 14.2 Å². The van der Waals surface area contributed by atoms with E-state index in [0.717, 1.165) is 0 Å². The van der Waals surface area contributed by atoms with E-state index in [1.807, 2.05) is 6.92 Å². The molecule has 82 valence electrons. The van der Waals surface area contributed by atoms with Gasteiger partial charge in [0.25, 0.3) is 0 Å². The molecule has 0 saturated heterocycles. The SMILES string of the molecule is CCOC(=O)/C=C/CCOC(C)OC. The van der Waals surface area contributed by atoms with Crippen molar-refractivity contribution in [3.8, 4) is 0 Å². The van der Waals surface area contributed by atoms with Crippen LogP contribution in [0, 0.1) is 0 Å². The predicted molar refractivity (Wildman–Crippen MR) is 52.8 cm³/mol. The molecule has 0 aliphatic heterocycles. The molecule has 0 aromatic heterocycles. The van der Waals surface area contributed by atoms with Crippen molar-refractivity contribution in [1.29, 1.82) is 0 Å². The highest BCUT2D eigenvalue weighted by Crippen LogP contribution is 1.93. The predicted octanol–water partition coefficient (Wildman–Crippen LogP) is 1.50. The lowest BCUT2D eigenvalue weighted by Gasteiger charge is -2.08. The van der Waals surface area contributed by atoms with Crippen molar-refractivity contribution in [3.05, 3.63) is 12.2 Å². The van der Waals surface area contributed by atoms with Gasteiger partial charge in [0.1, 0.15) is 0 Å². The molecular weight excluding hydrogens is 184 g/mol. The summed E-state index contributed by atoms with van der Waals surface area (Å²) in [6.07, 6.45) is 3.60. The fourth-order valence-corrected chi connectivity index (χ4v) is 0.740. The van der Waals surface area contributed by atoms with Crippen LogP contribution in [0.25, 0.3) is 0 Å². The maximum absolute atomic E-state index is 10.8. The van der Waals surface area contributed by atoms with Gasteiger partial charge in [-0.2, -0.15) is 0 Å². The Morgan fingerprint density at radius 2 is 2.21 bits per heavy atom. The van der Waals surface area contributed by atoms with Crippen molar-refractivity contribution >= 4 is 5.97 Å². The Bertz CT molecular complexity index is 177. The molecule has 14 heavy (non-hydrogen) atoms. The maximum atomic E-state index is 10.8. The Hall–Kier alpha value is -0.870. The standard InChI is InChI=1S/C10H18O4/c1-4-13-10(11)7-5-6-8-14-9(2)12-3/h5,7,9H,4,6,8H2,1-3H3/b7-5+. The number of esters is 1. The molecule has 0 aromatic rings. The van der Waals surface area contributed by atoms with Gasteiger partial charge in [0, 0.05) is 13.2 Å². The van der Waals surface area contributed by atoms with Crippen LogP contribution in [0.1, 0.15) is 20.3 Å². The number of ether oxygens (including phenoxy) is 3. The lowest BCUT2D eigenvalue weighted by atomic mass is 10.4. The summed E-state index contributed by atoms with van der Waals surface area (Å²) in [6.45, 7) is 4.52. The summed E-state index contributed by atoms with van der Waals surface area (Å²) >= 11 is 0. The second-order valence-electron chi connectivity index (χ2n) is 2.62. The van der Waals surface area contributed by atoms with Crippen LogP contribution in [0.4, 0.5) is 0 Å². The third-order valence-electron chi connectivity index (χ3n) is 1.51. The van der Waals surface area contributed by atoms with Gasteiger partial charge in [0.15, 0.2) is 6.29 Å². The van der Waals surface area contributed by atoms with E-state index in [9.17, 15) is 4.79 Å². The van der Waals surface area contributed by atoms with E-state index in [0.29, 0.717) is 19.6 Å². The second kappa shape index (κ2) is 8.72. The molecule has 0 fully saturated rings. The van der Waals surface area contributed by atoms with Crippen LogP contribution in [-0.2, 0) is 19.0 Å². The molecule has 0 aliphatic carbocycles. The fraction of sp³-hybridized carbons (Fsp3) is 0.700. The van der Waals surface area contributed by atoms with Crippen LogP contribution in [0.3, 0.4) is 0 Å². The molecule has 0 bridgehead atoms. The largest absolute Gasteiger partial charge is 0.463 e. The molecule has 0 amide bonds. The first-order chi connectivity index (χ1) is 6.70. The Balaban J connectivity index is 3.39. The normalized spacial score (nSPS) is 13.1. The van der Waals surface area contributed by atoms with Gasteiger partial charge in [0.2, 0.25) is 0 Å². The van der Waals surface area contributed by atoms with E-state index >= 15 is 0 Å². The number of hydrogen-bond donors (Lipinski definition) is 0. The Morgan fingerprint density at radius 1 is 1.50 bits per heavy atom. The van der Waals surface area contributed by atoms with Gasteiger partial charge in [-0.05, 0) is 20.3 Å². The van der Waals surface area contributed by atoms with Crippen LogP contribution < -0.4 is 0 Å². The topological polar surface area (TPSA) is 44.8 Å². The molecule has 0 radical (unpaired) electrons. The summed E-state index contributed by atoms with van der Waals surface area (Å²) < 4.78 is 14.8. The highest BCUT2D eigenvalue weighted by atomic mass is 16.7. The van der Waals surface area contributed by atoms with Gasteiger partial charge in [-0.3, -0.25) is 0 Å². The van der Waals surface area contributed by atoms with Crippen molar-refractivity contribution in [1.82, 2.24) is 0 Å². The summed E-state index contributed by atoms with van der Waals surface area (Å²) in [6, 6.07) is 0. The number of carbonyl (C=O) groups is 1. The van der Waals surface area contributed by atoms with Gasteiger partial charge in [-0.25, -0.2) is 4.79 Å². The number of hydrogen-bond acceptors (Lipinski definition) is 4. The maximum Gasteiger partial charge on any atom is 0.330 e. The third kappa shape index (κ3) is 7.76. The van der Waals surface area contributed by atoms with Crippen molar-refractivity contribution in [2.45, 2.75) is 26.6 Å². The van der Waals surface area contributed by atoms with E-state index < -0.39 is 0 Å². The van der Waals surface area contributed by atoms with Gasteiger partial charge in [0.05, 0.1) is 13.2 Å². The minimum atomic E-state index is -0.313. The van der Waals surface area contributed by atoms with Crippen LogP contribution in [0.15, 0.2) is 12.2 Å². The molecule has 0 N–H and O–H groups in total. The molecule has 0 aliphatic rings. The van der Waals surface area contributed by atoms with Gasteiger partial charge >= 0.3 is 5.97 Å². The van der Waals surface area contributed by atoms with E-state index in [-0.39, 0.29) is 12.3 Å². The van der Waals surface area contributed by atoms with Crippen molar-refractivity contribution < 1.29 is 19.0 Å². The Morgan fingerprint density at radius 3 is 2.79 bits per heavy atom. The smallest absolute Gasteiger partial charge is 0.330 e. The Kier molecular flexibility index (Phi) is 8.17. The molecule has 1 atom stereocenters. The van der Waals surface area contributed by atoms with Crippen LogP contribution in [0.5, 0.6) is 0 Å². The number of carbonyl (C=O) groups excluding carboxylic acids is 1. The summed E-state index contributed by atoms with van der Waals surface area (Å²) in [5.41, 5.74) is 0. The van der Waals surface area contributed by atoms with Crippen molar-refractivity contribution in [2.24, 2.45) is 0 Å². The lowest BCUT2D eigenvalue weighted by Crippen LogP contribution is -2.10. The summed E-state index contributed by atoms with van der Waals surface area (Å²) in [5.74, 6) is -0.313. The van der Waals surface area contributed by atoms with Crippen LogP contribution in [0.2, 0.25) is 0 Å². The van der Waals surface area contributed by atoms with Crippen LogP contribution in [-0.4, -0.2) is 32.6 Å². The van der Waals surface area contributed by atoms with Gasteiger partial charge in [-0.1, -0.05) is 6.08 Å². The second-order valence-corrected chi connectivity index (χ2v) is 2.62. The van der Waals surface area contributed by atoms with E-state index in [2.05, 4.69) is 0 Å². The highest BCUT2D eigenvalue weighted by Gasteiger charge is 1.96. The molecule has 1 unspecified atom stereocenters. The molecule has 0 rings (SSSR count). The third-order valence-corrected chi connectivity index (χ3v) is 1.51.